The molecule has 2 heterocycles. The van der Waals surface area contributed by atoms with Crippen molar-refractivity contribution >= 4 is 22.6 Å². The Kier molecular flexibility index (Phi) is 18.7. The van der Waals surface area contributed by atoms with Gasteiger partial charge in [0.15, 0.2) is 0 Å². The highest BCUT2D eigenvalue weighted by molar-refractivity contribution is 6.03. The molecule has 0 bridgehead atoms. The molecular formula is C56H70N2O12. The number of benzene rings is 4. The molecule has 1 unspecified atom stereocenters. The van der Waals surface area contributed by atoms with Gasteiger partial charge in [0, 0.05) is 44.1 Å². The van der Waals surface area contributed by atoms with Gasteiger partial charge in [0.2, 0.25) is 12.1 Å². The lowest BCUT2D eigenvalue weighted by atomic mass is 9.55. The third kappa shape index (κ3) is 12.4. The number of fused-ring (bicyclic) bond motifs is 3. The second kappa shape index (κ2) is 25.7. The van der Waals surface area contributed by atoms with E-state index in [1.54, 1.807) is 11.0 Å². The van der Waals surface area contributed by atoms with Crippen LogP contribution in [0.3, 0.4) is 0 Å². The van der Waals surface area contributed by atoms with Crippen LogP contribution in [0.25, 0.3) is 10.8 Å². The number of hydrogen-bond donors (Lipinski definition) is 3. The van der Waals surface area contributed by atoms with E-state index >= 15 is 0 Å². The molecule has 2 aliphatic heterocycles. The summed E-state index contributed by atoms with van der Waals surface area (Å²) >= 11 is 0. The van der Waals surface area contributed by atoms with Gasteiger partial charge in [0.1, 0.15) is 29.9 Å². The van der Waals surface area contributed by atoms with Gasteiger partial charge in [-0.2, -0.15) is 0 Å². The Morgan fingerprint density at radius 3 is 2.40 bits per heavy atom. The fourth-order valence-electron chi connectivity index (χ4n) is 10.7. The van der Waals surface area contributed by atoms with E-state index in [0.717, 1.165) is 66.0 Å². The second-order valence-electron chi connectivity index (χ2n) is 18.5. The van der Waals surface area contributed by atoms with Crippen LogP contribution in [0.15, 0.2) is 120 Å². The molecule has 4 aliphatic rings. The van der Waals surface area contributed by atoms with Crippen molar-refractivity contribution in [1.29, 1.82) is 0 Å². The van der Waals surface area contributed by atoms with Crippen LogP contribution in [0, 0.1) is 17.8 Å². The van der Waals surface area contributed by atoms with Crippen LogP contribution >= 0.6 is 0 Å². The second-order valence-corrected chi connectivity index (χ2v) is 18.5. The third-order valence-corrected chi connectivity index (χ3v) is 13.9. The Balaban J connectivity index is 1.25. The molecule has 4 aromatic carbocycles. The number of ether oxygens (including phenoxy) is 7. The first-order valence-electron chi connectivity index (χ1n) is 25.2. The molecule has 0 aromatic heterocycles. The number of aliphatic hydroxyl groups is 3. The smallest absolute Gasteiger partial charge is 0.410 e. The molecule has 7 atom stereocenters. The number of unbranched alkanes of at least 4 members (excludes halogenated alkanes) is 2. The molecule has 1 saturated carbocycles. The van der Waals surface area contributed by atoms with Gasteiger partial charge < -0.3 is 53.3 Å². The number of allylic oxidation sites excluding steroid dienone is 1. The molecule has 4 aromatic rings. The van der Waals surface area contributed by atoms with Crippen LogP contribution in [-0.2, 0) is 35.1 Å². The van der Waals surface area contributed by atoms with Gasteiger partial charge in [-0.1, -0.05) is 90.8 Å². The minimum absolute atomic E-state index is 0.00177. The first kappa shape index (κ1) is 51.0. The predicted octanol–water partition coefficient (Wildman–Crippen LogP) is 9.46. The molecule has 2 aliphatic carbocycles. The summed E-state index contributed by atoms with van der Waals surface area (Å²) < 4.78 is 45.1. The van der Waals surface area contributed by atoms with Crippen molar-refractivity contribution in [3.8, 4) is 17.2 Å². The number of amides is 1. The van der Waals surface area contributed by atoms with E-state index in [4.69, 9.17) is 43.2 Å². The van der Waals surface area contributed by atoms with Crippen LogP contribution in [-0.4, -0.2) is 116 Å². The van der Waals surface area contributed by atoms with Crippen molar-refractivity contribution in [2.45, 2.75) is 94.9 Å². The summed E-state index contributed by atoms with van der Waals surface area (Å²) in [4.78, 5) is 22.7. The van der Waals surface area contributed by atoms with Crippen LogP contribution in [0.4, 0.5) is 4.79 Å². The highest BCUT2D eigenvalue weighted by Crippen LogP contribution is 2.62. The standard InChI is InChI=1S/C56H70N2O12/c1-2-29-67-56-51(58(25-31-63-32-28-61)55(62)66-34-33-64-39-40-14-4-3-5-15-40)38-49(57-70-52-20-10-13-30-65-52)47-36-43(18-8-11-26-59)46(19-9-12-27-60)53(54(47)56)48-37-45(23-24-50(48)69-56)68-44-22-21-41-16-6-7-17-42(41)35-44/h2-7,14-17,21-24,35-37,43,46,51-54,59-61H,1,8-13,18-20,25-34,38-39H2/t43-,46+,51-,52?,53+,54+,56+/m0/s1. The maximum Gasteiger partial charge on any atom is 0.410 e. The zero-order chi connectivity index (χ0) is 48.5. The molecule has 70 heavy (non-hydrogen) atoms. The highest BCUT2D eigenvalue weighted by Gasteiger charge is 2.65. The SMILES string of the molecule is C=CCO[C@@]12Oc3ccc(Oc4ccc5ccccc5c4)cc3[C@H]3[C@H](CCCCO)[C@@H](CCCCO)C=C(C(=NOC4CCCCO4)C[C@@H]1N(CCOCCO)C(=O)OCCOCc1ccccc1)[C@H]32. The molecule has 0 spiro atoms. The fourth-order valence-corrected chi connectivity index (χ4v) is 10.7. The molecule has 376 valence electrons. The first-order chi connectivity index (χ1) is 34.5. The lowest BCUT2D eigenvalue weighted by molar-refractivity contribution is -0.256. The normalized spacial score (nSPS) is 24.2. The van der Waals surface area contributed by atoms with Crippen molar-refractivity contribution in [1.82, 2.24) is 4.90 Å². The summed E-state index contributed by atoms with van der Waals surface area (Å²) in [6, 6.07) is 29.1. The van der Waals surface area contributed by atoms with E-state index in [-0.39, 0.29) is 83.6 Å². The molecule has 1 amide bonds. The summed E-state index contributed by atoms with van der Waals surface area (Å²) in [5, 5.41) is 36.9. The Morgan fingerprint density at radius 1 is 0.829 bits per heavy atom. The maximum atomic E-state index is 14.8. The minimum atomic E-state index is -1.52. The topological polar surface area (TPSA) is 167 Å². The highest BCUT2D eigenvalue weighted by atomic mass is 16.8. The molecule has 8 rings (SSSR count). The zero-order valence-electron chi connectivity index (χ0n) is 40.2. The van der Waals surface area contributed by atoms with Crippen molar-refractivity contribution in [2.75, 3.05) is 66.0 Å². The Hall–Kier alpha value is -5.32. The van der Waals surface area contributed by atoms with Gasteiger partial charge in [0.05, 0.1) is 57.9 Å². The molecule has 14 nitrogen and oxygen atoms in total. The van der Waals surface area contributed by atoms with E-state index in [0.29, 0.717) is 55.4 Å². The van der Waals surface area contributed by atoms with Crippen molar-refractivity contribution in [3.05, 3.63) is 126 Å². The Bertz CT molecular complexity index is 2350. The number of carbonyl (C=O) groups excluding carboxylic acids is 1. The monoisotopic (exact) mass is 962 g/mol. The van der Waals surface area contributed by atoms with Gasteiger partial charge in [0.25, 0.3) is 0 Å². The first-order valence-corrected chi connectivity index (χ1v) is 25.2. The third-order valence-electron chi connectivity index (χ3n) is 13.9. The maximum absolute atomic E-state index is 14.8. The predicted molar refractivity (Wildman–Crippen MR) is 266 cm³/mol. The number of rotatable bonds is 26. The number of carbonyl (C=O) groups is 1. The van der Waals surface area contributed by atoms with Crippen LogP contribution in [0.5, 0.6) is 17.2 Å². The lowest BCUT2D eigenvalue weighted by Gasteiger charge is -2.59. The molecular weight excluding hydrogens is 893 g/mol. The zero-order valence-corrected chi connectivity index (χ0v) is 40.2. The summed E-state index contributed by atoms with van der Waals surface area (Å²) in [6.07, 6.45) is 10.0. The fraction of sp³-hybridized carbons (Fsp3) is 0.500. The molecule has 2 fully saturated rings. The lowest BCUT2D eigenvalue weighted by Crippen LogP contribution is -2.70. The largest absolute Gasteiger partial charge is 0.459 e. The Morgan fingerprint density at radius 2 is 1.61 bits per heavy atom. The summed E-state index contributed by atoms with van der Waals surface area (Å²) in [6.45, 7) is 5.46. The summed E-state index contributed by atoms with van der Waals surface area (Å²) in [7, 11) is 0. The van der Waals surface area contributed by atoms with Gasteiger partial charge >= 0.3 is 6.09 Å². The van der Waals surface area contributed by atoms with Crippen LogP contribution < -0.4 is 9.47 Å². The summed E-state index contributed by atoms with van der Waals surface area (Å²) in [5.41, 5.74) is 3.48. The van der Waals surface area contributed by atoms with E-state index in [9.17, 15) is 20.1 Å². The molecule has 0 radical (unpaired) electrons. The van der Waals surface area contributed by atoms with Gasteiger partial charge in [-0.15, -0.1) is 6.58 Å². The van der Waals surface area contributed by atoms with Gasteiger partial charge in [-0.25, -0.2) is 4.79 Å². The summed E-state index contributed by atoms with van der Waals surface area (Å²) in [5.74, 6) is -0.395. The van der Waals surface area contributed by atoms with Gasteiger partial charge in [-0.3, -0.25) is 4.90 Å². The minimum Gasteiger partial charge on any atom is -0.459 e. The van der Waals surface area contributed by atoms with E-state index < -0.39 is 30.1 Å². The van der Waals surface area contributed by atoms with E-state index in [1.807, 2.05) is 66.7 Å². The average molecular weight is 963 g/mol. The number of aliphatic hydroxyl groups excluding tert-OH is 3. The van der Waals surface area contributed by atoms with E-state index in [1.165, 1.54) is 0 Å². The Labute approximate surface area is 411 Å². The molecule has 3 N–H and O–H groups in total. The molecule has 14 heteroatoms. The van der Waals surface area contributed by atoms with Gasteiger partial charge in [-0.05, 0) is 103 Å². The van der Waals surface area contributed by atoms with Crippen molar-refractivity contribution < 1.29 is 58.1 Å². The van der Waals surface area contributed by atoms with Crippen LogP contribution in [0.1, 0.15) is 81.3 Å². The van der Waals surface area contributed by atoms with E-state index in [2.05, 4.69) is 36.9 Å². The van der Waals surface area contributed by atoms with Crippen LogP contribution in [0.2, 0.25) is 0 Å². The number of nitrogens with zero attached hydrogens (tertiary/aromatic N) is 2. The van der Waals surface area contributed by atoms with Crippen molar-refractivity contribution in [3.63, 3.8) is 0 Å². The molecule has 1 saturated heterocycles. The average Bonchev–Trinajstić information content (AvgIpc) is 3.39. The number of hydrogen-bond acceptors (Lipinski definition) is 13. The quantitative estimate of drug-likeness (QED) is 0.0310. The van der Waals surface area contributed by atoms with Crippen molar-refractivity contribution in [2.24, 2.45) is 22.9 Å². The number of oxime groups is 1.